The number of hydrogen-bond donors (Lipinski definition) is 0. The highest BCUT2D eigenvalue weighted by molar-refractivity contribution is 7.09. The fourth-order valence-electron chi connectivity index (χ4n) is 3.66. The zero-order valence-corrected chi connectivity index (χ0v) is 14.5. The van der Waals surface area contributed by atoms with Crippen LogP contribution in [0.25, 0.3) is 0 Å². The average molecular weight is 334 g/mol. The summed E-state index contributed by atoms with van der Waals surface area (Å²) in [6.07, 6.45) is 6.81. The van der Waals surface area contributed by atoms with Gasteiger partial charge in [0.15, 0.2) is 0 Å². The molecular formula is C18H26N2O2S. The van der Waals surface area contributed by atoms with E-state index < -0.39 is 0 Å². The Bertz CT molecular complexity index is 523. The maximum Gasteiger partial charge on any atom is 0.225 e. The Morgan fingerprint density at radius 2 is 1.78 bits per heavy atom. The molecule has 4 nitrogen and oxygen atoms in total. The fourth-order valence-corrected chi connectivity index (χ4v) is 4.37. The zero-order chi connectivity index (χ0) is 16.1. The van der Waals surface area contributed by atoms with Crippen molar-refractivity contribution in [2.24, 2.45) is 5.92 Å². The summed E-state index contributed by atoms with van der Waals surface area (Å²) in [4.78, 5) is 30.2. The summed E-state index contributed by atoms with van der Waals surface area (Å²) in [5.74, 6) is 0.806. The van der Waals surface area contributed by atoms with Gasteiger partial charge in [-0.05, 0) is 37.1 Å². The van der Waals surface area contributed by atoms with E-state index in [1.807, 2.05) is 15.9 Å². The summed E-state index contributed by atoms with van der Waals surface area (Å²) in [7, 11) is 0. The van der Waals surface area contributed by atoms with Crippen molar-refractivity contribution in [2.75, 3.05) is 26.2 Å². The fraction of sp³-hybridized carbons (Fsp3) is 0.667. The van der Waals surface area contributed by atoms with E-state index in [4.69, 9.17) is 0 Å². The molecule has 0 bridgehead atoms. The molecule has 23 heavy (non-hydrogen) atoms. The van der Waals surface area contributed by atoms with Crippen molar-refractivity contribution >= 4 is 23.2 Å². The van der Waals surface area contributed by atoms with Crippen LogP contribution >= 0.6 is 11.3 Å². The molecule has 0 aromatic carbocycles. The Labute approximate surface area is 142 Å². The van der Waals surface area contributed by atoms with Crippen LogP contribution < -0.4 is 0 Å². The van der Waals surface area contributed by atoms with Crippen LogP contribution in [0.2, 0.25) is 0 Å². The quantitative estimate of drug-likeness (QED) is 0.849. The van der Waals surface area contributed by atoms with Crippen LogP contribution in [0.15, 0.2) is 17.5 Å². The highest BCUT2D eigenvalue weighted by Gasteiger charge is 2.29. The van der Waals surface area contributed by atoms with Crippen molar-refractivity contribution in [3.05, 3.63) is 22.4 Å². The third-order valence-corrected chi connectivity index (χ3v) is 5.97. The second-order valence-corrected chi connectivity index (χ2v) is 7.65. The van der Waals surface area contributed by atoms with Gasteiger partial charge in [-0.2, -0.15) is 0 Å². The molecular weight excluding hydrogens is 308 g/mol. The zero-order valence-electron chi connectivity index (χ0n) is 13.7. The Hall–Kier alpha value is -1.36. The van der Waals surface area contributed by atoms with E-state index in [9.17, 15) is 9.59 Å². The number of amides is 2. The molecule has 126 valence electrons. The Morgan fingerprint density at radius 3 is 2.52 bits per heavy atom. The Balaban J connectivity index is 1.47. The van der Waals surface area contributed by atoms with E-state index >= 15 is 0 Å². The minimum absolute atomic E-state index is 0.230. The molecule has 0 unspecified atom stereocenters. The average Bonchev–Trinajstić information content (AvgIpc) is 3.22. The van der Waals surface area contributed by atoms with E-state index in [-0.39, 0.29) is 11.8 Å². The van der Waals surface area contributed by atoms with Gasteiger partial charge >= 0.3 is 0 Å². The molecule has 3 rings (SSSR count). The van der Waals surface area contributed by atoms with Crippen LogP contribution in [-0.4, -0.2) is 47.8 Å². The van der Waals surface area contributed by atoms with E-state index in [1.54, 1.807) is 11.3 Å². The summed E-state index contributed by atoms with van der Waals surface area (Å²) in [6, 6.07) is 4.12. The lowest BCUT2D eigenvalue weighted by Crippen LogP contribution is -2.39. The molecule has 2 fully saturated rings. The maximum atomic E-state index is 12.5. The predicted octanol–water partition coefficient (Wildman–Crippen LogP) is 2.93. The number of carbonyl (C=O) groups is 2. The van der Waals surface area contributed by atoms with Crippen molar-refractivity contribution in [3.8, 4) is 0 Å². The van der Waals surface area contributed by atoms with Crippen LogP contribution in [-0.2, 0) is 16.0 Å². The second kappa shape index (κ2) is 7.95. The molecule has 1 saturated heterocycles. The molecule has 1 aliphatic carbocycles. The van der Waals surface area contributed by atoms with Crippen LogP contribution in [0.3, 0.4) is 0 Å². The molecule has 2 heterocycles. The highest BCUT2D eigenvalue weighted by Crippen LogP contribution is 2.27. The summed E-state index contributed by atoms with van der Waals surface area (Å²) in [6.45, 7) is 3.00. The lowest BCUT2D eigenvalue weighted by molar-refractivity contribution is -0.136. The van der Waals surface area contributed by atoms with Crippen molar-refractivity contribution in [3.63, 3.8) is 0 Å². The van der Waals surface area contributed by atoms with Gasteiger partial charge < -0.3 is 9.80 Å². The first kappa shape index (κ1) is 16.5. The van der Waals surface area contributed by atoms with Crippen LogP contribution in [0.1, 0.15) is 43.4 Å². The summed E-state index contributed by atoms with van der Waals surface area (Å²) < 4.78 is 0. The number of hydrogen-bond acceptors (Lipinski definition) is 3. The number of aryl methyl sites for hydroxylation is 1. The van der Waals surface area contributed by atoms with E-state index in [0.717, 1.165) is 38.8 Å². The van der Waals surface area contributed by atoms with Crippen molar-refractivity contribution in [1.29, 1.82) is 0 Å². The molecule has 0 radical (unpaired) electrons. The smallest absolute Gasteiger partial charge is 0.225 e. The van der Waals surface area contributed by atoms with Gasteiger partial charge in [0.25, 0.3) is 0 Å². The van der Waals surface area contributed by atoms with Gasteiger partial charge in [0, 0.05) is 43.4 Å². The highest BCUT2D eigenvalue weighted by atomic mass is 32.1. The van der Waals surface area contributed by atoms with E-state index in [0.29, 0.717) is 25.4 Å². The van der Waals surface area contributed by atoms with Gasteiger partial charge in [-0.3, -0.25) is 9.59 Å². The molecule has 1 aromatic rings. The number of nitrogens with zero attached hydrogens (tertiary/aromatic N) is 2. The van der Waals surface area contributed by atoms with Gasteiger partial charge in [-0.25, -0.2) is 0 Å². The largest absolute Gasteiger partial charge is 0.341 e. The lowest BCUT2D eigenvalue weighted by atomic mass is 10.1. The molecule has 5 heteroatoms. The third-order valence-electron chi connectivity index (χ3n) is 5.03. The van der Waals surface area contributed by atoms with Crippen LogP contribution in [0.5, 0.6) is 0 Å². The predicted molar refractivity (Wildman–Crippen MR) is 92.4 cm³/mol. The Morgan fingerprint density at radius 1 is 1.04 bits per heavy atom. The molecule has 2 aliphatic rings. The van der Waals surface area contributed by atoms with Crippen molar-refractivity contribution in [2.45, 2.75) is 44.9 Å². The molecule has 0 N–H and O–H groups in total. The van der Waals surface area contributed by atoms with Crippen molar-refractivity contribution in [1.82, 2.24) is 9.80 Å². The first-order valence-electron chi connectivity index (χ1n) is 8.83. The number of carbonyl (C=O) groups excluding carboxylic acids is 2. The number of thiophene rings is 1. The summed E-state index contributed by atoms with van der Waals surface area (Å²) in [5, 5.41) is 2.05. The summed E-state index contributed by atoms with van der Waals surface area (Å²) in [5.41, 5.74) is 0. The van der Waals surface area contributed by atoms with Crippen molar-refractivity contribution < 1.29 is 9.59 Å². The van der Waals surface area contributed by atoms with E-state index in [1.165, 1.54) is 17.7 Å². The summed E-state index contributed by atoms with van der Waals surface area (Å²) >= 11 is 1.71. The SMILES string of the molecule is O=C(CCc1cccs1)N1CCCN(C(=O)C2CCCC2)CC1. The minimum Gasteiger partial charge on any atom is -0.341 e. The standard InChI is InChI=1S/C18H26N2O2S/c21-17(9-8-16-7-3-14-23-16)19-10-4-11-20(13-12-19)18(22)15-5-1-2-6-15/h3,7,14-15H,1-2,4-6,8-13H2. The molecule has 0 atom stereocenters. The van der Waals surface area contributed by atoms with Gasteiger partial charge in [0.2, 0.25) is 11.8 Å². The van der Waals surface area contributed by atoms with Gasteiger partial charge in [-0.15, -0.1) is 11.3 Å². The first-order valence-corrected chi connectivity index (χ1v) is 9.71. The lowest BCUT2D eigenvalue weighted by Gasteiger charge is -2.24. The second-order valence-electron chi connectivity index (χ2n) is 6.62. The van der Waals surface area contributed by atoms with E-state index in [2.05, 4.69) is 11.4 Å². The monoisotopic (exact) mass is 334 g/mol. The molecule has 2 amide bonds. The van der Waals surface area contributed by atoms with Gasteiger partial charge in [0.1, 0.15) is 0 Å². The maximum absolute atomic E-state index is 12.5. The molecule has 1 aromatic heterocycles. The first-order chi connectivity index (χ1) is 11.2. The molecule has 0 spiro atoms. The van der Waals surface area contributed by atoms with Crippen LogP contribution in [0, 0.1) is 5.92 Å². The third kappa shape index (κ3) is 4.34. The normalized spacial score (nSPS) is 19.8. The van der Waals surface area contributed by atoms with Gasteiger partial charge in [-0.1, -0.05) is 18.9 Å². The Kier molecular flexibility index (Phi) is 5.70. The van der Waals surface area contributed by atoms with Crippen LogP contribution in [0.4, 0.5) is 0 Å². The van der Waals surface area contributed by atoms with Gasteiger partial charge in [0.05, 0.1) is 0 Å². The minimum atomic E-state index is 0.230. The molecule has 1 saturated carbocycles. The topological polar surface area (TPSA) is 40.6 Å². The molecule has 1 aliphatic heterocycles. The number of rotatable bonds is 4.